The second kappa shape index (κ2) is 4.51. The maximum Gasteiger partial charge on any atom is 0.314 e. The van der Waals surface area contributed by atoms with E-state index in [9.17, 15) is 9.59 Å². The first kappa shape index (κ1) is 13.8. The Kier molecular flexibility index (Phi) is 3.29. The molecule has 4 nitrogen and oxygen atoms in total. The summed E-state index contributed by atoms with van der Waals surface area (Å²) < 4.78 is 10.3. The Balaban J connectivity index is 2.21. The van der Waals surface area contributed by atoms with Crippen LogP contribution in [0.1, 0.15) is 20.8 Å². The second-order valence-electron chi connectivity index (χ2n) is 5.66. The predicted molar refractivity (Wildman–Crippen MR) is 70.1 cm³/mol. The van der Waals surface area contributed by atoms with Crippen LogP contribution in [0.3, 0.4) is 0 Å². The fourth-order valence-corrected chi connectivity index (χ4v) is 3.48. The first-order chi connectivity index (χ1) is 8.94. The van der Waals surface area contributed by atoms with E-state index >= 15 is 0 Å². The highest BCUT2D eigenvalue weighted by Crippen LogP contribution is 2.75. The van der Waals surface area contributed by atoms with Gasteiger partial charge in [0, 0.05) is 5.92 Å². The van der Waals surface area contributed by atoms with Gasteiger partial charge in [-0.3, -0.25) is 9.59 Å². The van der Waals surface area contributed by atoms with Crippen LogP contribution in [0, 0.1) is 22.7 Å². The van der Waals surface area contributed by atoms with Crippen molar-refractivity contribution < 1.29 is 19.1 Å². The highest BCUT2D eigenvalue weighted by atomic mass is 16.5. The van der Waals surface area contributed by atoms with Gasteiger partial charge >= 0.3 is 11.9 Å². The van der Waals surface area contributed by atoms with E-state index in [-0.39, 0.29) is 24.5 Å². The molecule has 2 rings (SSSR count). The largest absolute Gasteiger partial charge is 0.465 e. The molecule has 1 aliphatic heterocycles. The normalized spacial score (nSPS) is 35.4. The molecule has 4 heteroatoms. The molecule has 1 saturated carbocycles. The summed E-state index contributed by atoms with van der Waals surface area (Å²) in [5, 5.41) is 0. The molecule has 0 aromatic rings. The average Bonchev–Trinajstić information content (AvgIpc) is 2.69. The van der Waals surface area contributed by atoms with Gasteiger partial charge in [-0.25, -0.2) is 0 Å². The van der Waals surface area contributed by atoms with Crippen molar-refractivity contribution >= 4 is 11.9 Å². The molecule has 1 spiro atoms. The van der Waals surface area contributed by atoms with Gasteiger partial charge in [0.1, 0.15) is 6.61 Å². The van der Waals surface area contributed by atoms with E-state index in [2.05, 4.69) is 6.58 Å². The molecule has 0 radical (unpaired) electrons. The second-order valence-corrected chi connectivity index (χ2v) is 5.66. The summed E-state index contributed by atoms with van der Waals surface area (Å²) in [4.78, 5) is 24.3. The van der Waals surface area contributed by atoms with E-state index in [4.69, 9.17) is 9.47 Å². The molecule has 1 heterocycles. The van der Waals surface area contributed by atoms with E-state index in [1.807, 2.05) is 26.8 Å². The van der Waals surface area contributed by atoms with Crippen LogP contribution in [-0.4, -0.2) is 25.2 Å². The Morgan fingerprint density at radius 2 is 2.26 bits per heavy atom. The van der Waals surface area contributed by atoms with Crippen molar-refractivity contribution in [3.63, 3.8) is 0 Å². The Bertz CT molecular complexity index is 449. The minimum absolute atomic E-state index is 0.116. The zero-order valence-electron chi connectivity index (χ0n) is 11.6. The number of esters is 2. The summed E-state index contributed by atoms with van der Waals surface area (Å²) in [6.07, 6.45) is 5.29. The van der Waals surface area contributed by atoms with Gasteiger partial charge in [-0.2, -0.15) is 0 Å². The molecule has 0 unspecified atom stereocenters. The van der Waals surface area contributed by atoms with E-state index < -0.39 is 16.7 Å². The lowest BCUT2D eigenvalue weighted by molar-refractivity contribution is -0.150. The third-order valence-electron chi connectivity index (χ3n) is 4.55. The standard InChI is InChI=1S/C15H20O4/c1-5-7-8-18-12(16)11-14(3,4)15(11)10(6-2)9-19-13(15)17/h5-7,10-11H,2,8-9H2,1,3-4H3/b7-5+/t10-,11+,15+/m0/s1. The fraction of sp³-hybridized carbons (Fsp3) is 0.600. The van der Waals surface area contributed by atoms with E-state index in [0.717, 1.165) is 0 Å². The van der Waals surface area contributed by atoms with Crippen LogP contribution in [0.25, 0.3) is 0 Å². The number of carbonyl (C=O) groups is 2. The quantitative estimate of drug-likeness (QED) is 0.576. The van der Waals surface area contributed by atoms with Gasteiger partial charge in [0.15, 0.2) is 0 Å². The Morgan fingerprint density at radius 3 is 2.84 bits per heavy atom. The number of hydrogen-bond acceptors (Lipinski definition) is 4. The van der Waals surface area contributed by atoms with Crippen LogP contribution in [-0.2, 0) is 19.1 Å². The minimum atomic E-state index is -0.776. The number of hydrogen-bond donors (Lipinski definition) is 0. The molecule has 0 amide bonds. The summed E-state index contributed by atoms with van der Waals surface area (Å²) in [6.45, 7) is 9.99. The van der Waals surface area contributed by atoms with Gasteiger partial charge in [-0.05, 0) is 12.3 Å². The molecule has 1 saturated heterocycles. The lowest BCUT2D eigenvalue weighted by Gasteiger charge is -2.13. The van der Waals surface area contributed by atoms with Gasteiger partial charge in [0.25, 0.3) is 0 Å². The zero-order valence-corrected chi connectivity index (χ0v) is 11.6. The first-order valence-electron chi connectivity index (χ1n) is 6.52. The highest BCUT2D eigenvalue weighted by Gasteiger charge is 2.84. The summed E-state index contributed by atoms with van der Waals surface area (Å²) in [6, 6.07) is 0. The molecule has 0 N–H and O–H groups in total. The van der Waals surface area contributed by atoms with Gasteiger partial charge in [-0.1, -0.05) is 32.1 Å². The molecule has 0 bridgehead atoms. The molecule has 0 aromatic heterocycles. The lowest BCUT2D eigenvalue weighted by atomic mass is 9.84. The predicted octanol–water partition coefficient (Wildman–Crippen LogP) is 2.11. The number of allylic oxidation sites excluding steroid dienone is 1. The molecular weight excluding hydrogens is 244 g/mol. The average molecular weight is 264 g/mol. The molecule has 0 aromatic carbocycles. The molecule has 19 heavy (non-hydrogen) atoms. The topological polar surface area (TPSA) is 52.6 Å². The van der Waals surface area contributed by atoms with Crippen molar-refractivity contribution in [1.82, 2.24) is 0 Å². The number of rotatable bonds is 4. The van der Waals surface area contributed by atoms with E-state index in [1.54, 1.807) is 12.2 Å². The molecule has 2 fully saturated rings. The molecule has 104 valence electrons. The number of cyclic esters (lactones) is 1. The number of carbonyl (C=O) groups excluding carboxylic acids is 2. The van der Waals surface area contributed by atoms with Crippen molar-refractivity contribution in [1.29, 1.82) is 0 Å². The first-order valence-corrected chi connectivity index (χ1v) is 6.52. The monoisotopic (exact) mass is 264 g/mol. The van der Waals surface area contributed by atoms with Crippen LogP contribution in [0.4, 0.5) is 0 Å². The van der Waals surface area contributed by atoms with Crippen LogP contribution in [0.2, 0.25) is 0 Å². The van der Waals surface area contributed by atoms with Crippen LogP contribution in [0.15, 0.2) is 24.8 Å². The van der Waals surface area contributed by atoms with Crippen molar-refractivity contribution in [3.8, 4) is 0 Å². The summed E-state index contributed by atoms with van der Waals surface area (Å²) in [7, 11) is 0. The Morgan fingerprint density at radius 1 is 1.58 bits per heavy atom. The third kappa shape index (κ3) is 1.66. The highest BCUT2D eigenvalue weighted by molar-refractivity contribution is 5.95. The van der Waals surface area contributed by atoms with Gasteiger partial charge in [-0.15, -0.1) is 6.58 Å². The van der Waals surface area contributed by atoms with Crippen molar-refractivity contribution in [3.05, 3.63) is 24.8 Å². The minimum Gasteiger partial charge on any atom is -0.465 e. The molecule has 1 aliphatic carbocycles. The van der Waals surface area contributed by atoms with E-state index in [0.29, 0.717) is 6.61 Å². The van der Waals surface area contributed by atoms with Gasteiger partial charge in [0.2, 0.25) is 0 Å². The van der Waals surface area contributed by atoms with Gasteiger partial charge in [0.05, 0.1) is 17.9 Å². The van der Waals surface area contributed by atoms with Crippen molar-refractivity contribution in [2.75, 3.05) is 13.2 Å². The van der Waals surface area contributed by atoms with Crippen molar-refractivity contribution in [2.45, 2.75) is 20.8 Å². The smallest absolute Gasteiger partial charge is 0.314 e. The zero-order chi connectivity index (χ0) is 14.3. The summed E-state index contributed by atoms with van der Waals surface area (Å²) in [5.74, 6) is -1.18. The van der Waals surface area contributed by atoms with Crippen LogP contribution in [0.5, 0.6) is 0 Å². The molecular formula is C15H20O4. The van der Waals surface area contributed by atoms with Crippen LogP contribution < -0.4 is 0 Å². The van der Waals surface area contributed by atoms with Crippen molar-refractivity contribution in [2.24, 2.45) is 22.7 Å². The lowest BCUT2D eigenvalue weighted by Crippen LogP contribution is -2.24. The Hall–Kier alpha value is -1.58. The maximum atomic E-state index is 12.2. The number of ether oxygens (including phenoxy) is 2. The summed E-state index contributed by atoms with van der Waals surface area (Å²) in [5.41, 5.74) is -1.21. The SMILES string of the molecule is C=C[C@H]1COC(=O)[C@]12[C@H](C(=O)OC/C=C/C)C2(C)C. The maximum absolute atomic E-state index is 12.2. The fourth-order valence-electron chi connectivity index (χ4n) is 3.48. The van der Waals surface area contributed by atoms with E-state index in [1.165, 1.54) is 0 Å². The molecule has 3 atom stereocenters. The van der Waals surface area contributed by atoms with Gasteiger partial charge < -0.3 is 9.47 Å². The third-order valence-corrected chi connectivity index (χ3v) is 4.55. The van der Waals surface area contributed by atoms with Crippen LogP contribution >= 0.6 is 0 Å². The molecule has 2 aliphatic rings. The summed E-state index contributed by atoms with van der Waals surface area (Å²) >= 11 is 0. The Labute approximate surface area is 113 Å².